The fourth-order valence-electron chi connectivity index (χ4n) is 3.39. The van der Waals surface area contributed by atoms with Crippen molar-refractivity contribution in [1.29, 1.82) is 0 Å². The number of guanidine groups is 1. The van der Waals surface area contributed by atoms with Crippen molar-refractivity contribution in [3.05, 3.63) is 66.1 Å². The van der Waals surface area contributed by atoms with Crippen molar-refractivity contribution in [2.24, 2.45) is 4.99 Å². The number of hydrogen-bond donors (Lipinski definition) is 2. The monoisotopic (exact) mass is 379 g/mol. The maximum Gasteiger partial charge on any atom is 0.191 e. The first-order valence-electron chi connectivity index (χ1n) is 9.79. The van der Waals surface area contributed by atoms with Crippen LogP contribution in [0, 0.1) is 0 Å². The van der Waals surface area contributed by atoms with Crippen molar-refractivity contribution in [1.82, 2.24) is 30.1 Å². The molecule has 3 rings (SSSR count). The Labute approximate surface area is 166 Å². The number of aromatic nitrogens is 3. The van der Waals surface area contributed by atoms with Gasteiger partial charge in [0.25, 0.3) is 0 Å². The lowest BCUT2D eigenvalue weighted by Gasteiger charge is -2.30. The first-order chi connectivity index (χ1) is 13.8. The van der Waals surface area contributed by atoms with E-state index < -0.39 is 0 Å². The molecule has 7 heteroatoms. The average Bonchev–Trinajstić information content (AvgIpc) is 3.17. The summed E-state index contributed by atoms with van der Waals surface area (Å²) >= 11 is 0. The van der Waals surface area contributed by atoms with Gasteiger partial charge in [-0.25, -0.2) is 0 Å². The maximum atomic E-state index is 4.36. The zero-order chi connectivity index (χ0) is 19.8. The second-order valence-corrected chi connectivity index (χ2v) is 6.50. The van der Waals surface area contributed by atoms with Gasteiger partial charge in [-0.3, -0.25) is 14.3 Å². The third-order valence-corrected chi connectivity index (χ3v) is 4.92. The van der Waals surface area contributed by atoms with Crippen molar-refractivity contribution >= 4 is 11.6 Å². The number of fused-ring (bicyclic) bond motifs is 1. The Kier molecular flexibility index (Phi) is 6.97. The molecule has 1 unspecified atom stereocenters. The molecular formula is C21H29N7. The van der Waals surface area contributed by atoms with Crippen LogP contribution in [0.15, 0.2) is 59.7 Å². The molecule has 0 aliphatic rings. The van der Waals surface area contributed by atoms with Gasteiger partial charge in [0.1, 0.15) is 0 Å². The van der Waals surface area contributed by atoms with Crippen LogP contribution in [0.1, 0.15) is 31.3 Å². The quantitative estimate of drug-likeness (QED) is 0.465. The van der Waals surface area contributed by atoms with Crippen LogP contribution < -0.4 is 10.6 Å². The van der Waals surface area contributed by atoms with Crippen molar-refractivity contribution in [2.75, 3.05) is 26.7 Å². The Morgan fingerprint density at radius 1 is 1.04 bits per heavy atom. The van der Waals surface area contributed by atoms with Gasteiger partial charge in [0, 0.05) is 19.8 Å². The van der Waals surface area contributed by atoms with Gasteiger partial charge in [-0.1, -0.05) is 50.2 Å². The summed E-state index contributed by atoms with van der Waals surface area (Å²) in [6, 6.07) is 16.8. The van der Waals surface area contributed by atoms with Crippen LogP contribution in [-0.4, -0.2) is 52.1 Å². The minimum absolute atomic E-state index is 0.281. The lowest BCUT2D eigenvalue weighted by Crippen LogP contribution is -2.43. The van der Waals surface area contributed by atoms with Crippen molar-refractivity contribution < 1.29 is 0 Å². The topological polar surface area (TPSA) is 69.8 Å². The van der Waals surface area contributed by atoms with Crippen LogP contribution in [-0.2, 0) is 6.54 Å². The van der Waals surface area contributed by atoms with Crippen LogP contribution in [0.4, 0.5) is 0 Å². The van der Waals surface area contributed by atoms with Gasteiger partial charge in [-0.15, -0.1) is 10.2 Å². The molecule has 0 fully saturated rings. The second-order valence-electron chi connectivity index (χ2n) is 6.50. The molecule has 3 aromatic rings. The van der Waals surface area contributed by atoms with Crippen molar-refractivity contribution in [2.45, 2.75) is 26.4 Å². The second kappa shape index (κ2) is 9.85. The molecule has 148 valence electrons. The molecule has 0 aliphatic carbocycles. The molecule has 0 saturated carbocycles. The van der Waals surface area contributed by atoms with Crippen LogP contribution in [0.2, 0.25) is 0 Å². The van der Waals surface area contributed by atoms with Gasteiger partial charge in [-0.05, 0) is 30.8 Å². The zero-order valence-electron chi connectivity index (χ0n) is 16.8. The summed E-state index contributed by atoms with van der Waals surface area (Å²) in [5, 5.41) is 15.3. The van der Waals surface area contributed by atoms with Crippen LogP contribution >= 0.6 is 0 Å². The lowest BCUT2D eigenvalue weighted by molar-refractivity contribution is 0.219. The highest BCUT2D eigenvalue weighted by Crippen LogP contribution is 2.19. The first kappa shape index (κ1) is 19.8. The van der Waals surface area contributed by atoms with Gasteiger partial charge < -0.3 is 10.6 Å². The molecule has 0 radical (unpaired) electrons. The number of benzene rings is 1. The van der Waals surface area contributed by atoms with E-state index in [1.54, 1.807) is 7.05 Å². The summed E-state index contributed by atoms with van der Waals surface area (Å²) < 4.78 is 1.98. The molecule has 28 heavy (non-hydrogen) atoms. The van der Waals surface area contributed by atoms with Gasteiger partial charge in [0.15, 0.2) is 17.4 Å². The van der Waals surface area contributed by atoms with E-state index in [4.69, 9.17) is 0 Å². The van der Waals surface area contributed by atoms with E-state index in [1.165, 1.54) is 5.56 Å². The minimum Gasteiger partial charge on any atom is -0.354 e. The Hall–Kier alpha value is -2.93. The number of likely N-dealkylation sites (N-methyl/N-ethyl adjacent to an activating group) is 1. The molecule has 0 amide bonds. The highest BCUT2D eigenvalue weighted by molar-refractivity contribution is 5.79. The molecule has 7 nitrogen and oxygen atoms in total. The number of hydrogen-bond acceptors (Lipinski definition) is 4. The SMILES string of the molecule is CCN(CC)C(CNC(=NC)NCc1nnc2ccccn12)c1ccccc1. The van der Waals surface area contributed by atoms with Gasteiger partial charge >= 0.3 is 0 Å². The molecule has 0 spiro atoms. The molecular weight excluding hydrogens is 350 g/mol. The van der Waals surface area contributed by atoms with Gasteiger partial charge in [0.05, 0.1) is 12.6 Å². The summed E-state index contributed by atoms with van der Waals surface area (Å²) in [6.07, 6.45) is 1.97. The maximum absolute atomic E-state index is 4.36. The average molecular weight is 380 g/mol. The summed E-state index contributed by atoms with van der Waals surface area (Å²) in [5.74, 6) is 1.60. The Morgan fingerprint density at radius 2 is 1.79 bits per heavy atom. The van der Waals surface area contributed by atoms with Crippen molar-refractivity contribution in [3.63, 3.8) is 0 Å². The van der Waals surface area contributed by atoms with Gasteiger partial charge in [-0.2, -0.15) is 0 Å². The van der Waals surface area contributed by atoms with E-state index in [2.05, 4.69) is 74.9 Å². The van der Waals surface area contributed by atoms with E-state index >= 15 is 0 Å². The van der Waals surface area contributed by atoms with E-state index in [0.29, 0.717) is 6.54 Å². The number of pyridine rings is 1. The molecule has 0 saturated heterocycles. The van der Waals surface area contributed by atoms with E-state index in [1.807, 2.05) is 28.8 Å². The highest BCUT2D eigenvalue weighted by atomic mass is 15.3. The predicted octanol–water partition coefficient (Wildman–Crippen LogP) is 2.48. The summed E-state index contributed by atoms with van der Waals surface area (Å²) in [7, 11) is 1.78. The summed E-state index contributed by atoms with van der Waals surface area (Å²) in [4.78, 5) is 6.81. The van der Waals surface area contributed by atoms with Crippen LogP contribution in [0.25, 0.3) is 5.65 Å². The largest absolute Gasteiger partial charge is 0.354 e. The number of nitrogens with one attached hydrogen (secondary N) is 2. The molecule has 1 atom stereocenters. The third kappa shape index (κ3) is 4.67. The molecule has 2 heterocycles. The predicted molar refractivity (Wildman–Crippen MR) is 113 cm³/mol. The van der Waals surface area contributed by atoms with E-state index in [9.17, 15) is 0 Å². The fraction of sp³-hybridized carbons (Fsp3) is 0.381. The number of aliphatic imine (C=N–C) groups is 1. The highest BCUT2D eigenvalue weighted by Gasteiger charge is 2.18. The molecule has 1 aromatic carbocycles. The molecule has 2 N–H and O–H groups in total. The molecule has 2 aromatic heterocycles. The lowest BCUT2D eigenvalue weighted by atomic mass is 10.1. The molecule has 0 bridgehead atoms. The summed E-state index contributed by atoms with van der Waals surface area (Å²) in [5.41, 5.74) is 2.14. The van der Waals surface area contributed by atoms with Crippen molar-refractivity contribution in [3.8, 4) is 0 Å². The number of rotatable bonds is 8. The first-order valence-corrected chi connectivity index (χ1v) is 9.79. The van der Waals surface area contributed by atoms with Gasteiger partial charge in [0.2, 0.25) is 0 Å². The van der Waals surface area contributed by atoms with E-state index in [-0.39, 0.29) is 6.04 Å². The molecule has 0 aliphatic heterocycles. The fourth-order valence-corrected chi connectivity index (χ4v) is 3.39. The number of nitrogens with zero attached hydrogens (tertiary/aromatic N) is 5. The Bertz CT molecular complexity index is 884. The third-order valence-electron chi connectivity index (χ3n) is 4.92. The standard InChI is InChI=1S/C21H29N7/c1-4-27(5-2)18(17-11-7-6-8-12-17)15-23-21(22-3)24-16-20-26-25-19-13-9-10-14-28(19)20/h6-14,18H,4-5,15-16H2,1-3H3,(H2,22,23,24). The Morgan fingerprint density at radius 3 is 2.50 bits per heavy atom. The Balaban J connectivity index is 1.64. The minimum atomic E-state index is 0.281. The smallest absolute Gasteiger partial charge is 0.191 e. The van der Waals surface area contributed by atoms with Crippen LogP contribution in [0.5, 0.6) is 0 Å². The van der Waals surface area contributed by atoms with E-state index in [0.717, 1.165) is 37.1 Å². The van der Waals surface area contributed by atoms with Crippen LogP contribution in [0.3, 0.4) is 0 Å². The zero-order valence-corrected chi connectivity index (χ0v) is 16.8. The summed E-state index contributed by atoms with van der Waals surface area (Å²) in [6.45, 7) is 7.70. The normalized spacial score (nSPS) is 13.1.